The molecule has 0 aliphatic carbocycles. The third-order valence-electron chi connectivity index (χ3n) is 3.90. The first-order valence-electron chi connectivity index (χ1n) is 8.20. The van der Waals surface area contributed by atoms with Gasteiger partial charge in [0.05, 0.1) is 12.2 Å². The average Bonchev–Trinajstić information content (AvgIpc) is 3.34. The van der Waals surface area contributed by atoms with Crippen molar-refractivity contribution in [3.05, 3.63) is 46.4 Å². The number of amides is 1. The molecule has 0 aliphatic heterocycles. The van der Waals surface area contributed by atoms with Gasteiger partial charge in [0.2, 0.25) is 16.9 Å². The van der Waals surface area contributed by atoms with Gasteiger partial charge in [0.1, 0.15) is 5.01 Å². The number of rotatable bonds is 6. The van der Waals surface area contributed by atoms with Gasteiger partial charge in [-0.05, 0) is 25.5 Å². The second-order valence-electron chi connectivity index (χ2n) is 5.88. The summed E-state index contributed by atoms with van der Waals surface area (Å²) >= 11 is 2.52. The van der Waals surface area contributed by atoms with E-state index < -0.39 is 0 Å². The van der Waals surface area contributed by atoms with Crippen LogP contribution in [0.2, 0.25) is 0 Å². The lowest BCUT2D eigenvalue weighted by Gasteiger charge is -1.98. The lowest BCUT2D eigenvalue weighted by atomic mass is 10.1. The Labute approximate surface area is 162 Å². The van der Waals surface area contributed by atoms with Gasteiger partial charge >= 0.3 is 0 Å². The van der Waals surface area contributed by atoms with E-state index in [4.69, 9.17) is 4.42 Å². The summed E-state index contributed by atoms with van der Waals surface area (Å²) in [4.78, 5) is 15.3. The first-order valence-corrected chi connectivity index (χ1v) is 10.00. The summed E-state index contributed by atoms with van der Waals surface area (Å²) in [6.07, 6.45) is 0.541. The molecule has 0 saturated carbocycles. The largest absolute Gasteiger partial charge is 0.416 e. The van der Waals surface area contributed by atoms with Crippen LogP contribution < -0.4 is 5.32 Å². The Morgan fingerprint density at radius 2 is 2.07 bits per heavy atom. The molecule has 0 fully saturated rings. The van der Waals surface area contributed by atoms with E-state index in [0.29, 0.717) is 22.7 Å². The van der Waals surface area contributed by atoms with Crippen molar-refractivity contribution < 1.29 is 9.21 Å². The zero-order chi connectivity index (χ0) is 18.8. The van der Waals surface area contributed by atoms with E-state index in [2.05, 4.69) is 36.8 Å². The molecule has 4 rings (SSSR count). The minimum Gasteiger partial charge on any atom is -0.416 e. The number of aryl methyl sites for hydroxylation is 2. The van der Waals surface area contributed by atoms with E-state index in [-0.39, 0.29) is 11.7 Å². The standard InChI is InChI=1S/C17H16N6O2S2/c1-9-12(11-5-3-4-6-13(11)18-9)7-15-21-23-17(25-15)26-8-14(24)19-16-22-20-10(2)27-16/h3-6,18H,7-8H2,1-2H3,(H,19,22,24). The predicted octanol–water partition coefficient (Wildman–Crippen LogP) is 3.34. The van der Waals surface area contributed by atoms with Crippen LogP contribution in [0.1, 0.15) is 22.2 Å². The molecule has 2 N–H and O–H groups in total. The Hall–Kier alpha value is -2.72. The maximum atomic E-state index is 12.0. The minimum atomic E-state index is -0.191. The van der Waals surface area contributed by atoms with Gasteiger partial charge in [-0.2, -0.15) is 0 Å². The Morgan fingerprint density at radius 1 is 1.22 bits per heavy atom. The van der Waals surface area contributed by atoms with Gasteiger partial charge in [0.15, 0.2) is 0 Å². The summed E-state index contributed by atoms with van der Waals surface area (Å²) in [5.74, 6) is 0.487. The second kappa shape index (κ2) is 7.49. The summed E-state index contributed by atoms with van der Waals surface area (Å²) in [5.41, 5.74) is 3.30. The van der Waals surface area contributed by atoms with E-state index >= 15 is 0 Å². The van der Waals surface area contributed by atoms with Crippen molar-refractivity contribution in [1.82, 2.24) is 25.4 Å². The molecular formula is C17H16N6O2S2. The van der Waals surface area contributed by atoms with Crippen LogP contribution in [0.5, 0.6) is 0 Å². The van der Waals surface area contributed by atoms with Gasteiger partial charge in [0, 0.05) is 16.6 Å². The van der Waals surface area contributed by atoms with Gasteiger partial charge < -0.3 is 9.40 Å². The molecule has 138 valence electrons. The molecule has 0 radical (unpaired) electrons. The smallest absolute Gasteiger partial charge is 0.277 e. The van der Waals surface area contributed by atoms with Crippen molar-refractivity contribution in [1.29, 1.82) is 0 Å². The molecule has 0 unspecified atom stereocenters. The number of aromatic amines is 1. The topological polar surface area (TPSA) is 110 Å². The van der Waals surface area contributed by atoms with Gasteiger partial charge in [-0.25, -0.2) is 0 Å². The molecule has 0 atom stereocenters. The zero-order valence-electron chi connectivity index (χ0n) is 14.6. The van der Waals surface area contributed by atoms with E-state index in [9.17, 15) is 4.79 Å². The average molecular weight is 400 g/mol. The third-order valence-corrected chi connectivity index (χ3v) is 5.48. The van der Waals surface area contributed by atoms with E-state index in [1.54, 1.807) is 0 Å². The number of hydrogen-bond donors (Lipinski definition) is 2. The molecule has 0 aliphatic rings. The highest BCUT2D eigenvalue weighted by molar-refractivity contribution is 7.99. The van der Waals surface area contributed by atoms with Crippen LogP contribution in [0.25, 0.3) is 10.9 Å². The van der Waals surface area contributed by atoms with Crippen molar-refractivity contribution >= 4 is 45.0 Å². The maximum Gasteiger partial charge on any atom is 0.277 e. The van der Waals surface area contributed by atoms with Crippen LogP contribution in [0, 0.1) is 13.8 Å². The number of anilines is 1. The molecule has 0 spiro atoms. The fraction of sp³-hybridized carbons (Fsp3) is 0.235. The Morgan fingerprint density at radius 3 is 2.89 bits per heavy atom. The highest BCUT2D eigenvalue weighted by atomic mass is 32.2. The van der Waals surface area contributed by atoms with Gasteiger partial charge in [-0.3, -0.25) is 10.1 Å². The van der Waals surface area contributed by atoms with Crippen LogP contribution in [-0.4, -0.2) is 37.0 Å². The molecule has 4 aromatic rings. The number of benzene rings is 1. The lowest BCUT2D eigenvalue weighted by molar-refractivity contribution is -0.113. The van der Waals surface area contributed by atoms with Gasteiger partial charge in [0.25, 0.3) is 5.22 Å². The number of aromatic nitrogens is 5. The molecule has 3 heterocycles. The van der Waals surface area contributed by atoms with Gasteiger partial charge in [-0.15, -0.1) is 20.4 Å². The normalized spacial score (nSPS) is 11.2. The summed E-state index contributed by atoms with van der Waals surface area (Å²) in [7, 11) is 0. The first-order chi connectivity index (χ1) is 13.1. The highest BCUT2D eigenvalue weighted by Gasteiger charge is 2.15. The van der Waals surface area contributed by atoms with Crippen molar-refractivity contribution in [2.24, 2.45) is 0 Å². The number of hydrogen-bond acceptors (Lipinski definition) is 8. The number of H-pyrrole nitrogens is 1. The van der Waals surface area contributed by atoms with Crippen LogP contribution in [0.15, 0.2) is 33.9 Å². The molecule has 27 heavy (non-hydrogen) atoms. The Bertz CT molecular complexity index is 1100. The summed E-state index contributed by atoms with van der Waals surface area (Å²) in [5, 5.41) is 21.3. The minimum absolute atomic E-state index is 0.159. The SMILES string of the molecule is Cc1nnc(NC(=O)CSc2nnc(Cc3c(C)[nH]c4ccccc34)o2)s1. The fourth-order valence-electron chi connectivity index (χ4n) is 2.71. The summed E-state index contributed by atoms with van der Waals surface area (Å²) < 4.78 is 5.69. The van der Waals surface area contributed by atoms with Gasteiger partial charge in [-0.1, -0.05) is 41.3 Å². The van der Waals surface area contributed by atoms with E-state index in [0.717, 1.165) is 27.2 Å². The summed E-state index contributed by atoms with van der Waals surface area (Å²) in [6.45, 7) is 3.86. The number of nitrogens with zero attached hydrogens (tertiary/aromatic N) is 4. The highest BCUT2D eigenvalue weighted by Crippen LogP contribution is 2.25. The van der Waals surface area contributed by atoms with Crippen molar-refractivity contribution in [3.63, 3.8) is 0 Å². The number of carbonyl (C=O) groups is 1. The molecule has 8 nitrogen and oxygen atoms in total. The molecule has 1 aromatic carbocycles. The zero-order valence-corrected chi connectivity index (χ0v) is 16.3. The van der Waals surface area contributed by atoms with Crippen LogP contribution in [-0.2, 0) is 11.2 Å². The van der Waals surface area contributed by atoms with Crippen LogP contribution in [0.4, 0.5) is 5.13 Å². The quantitative estimate of drug-likeness (QED) is 0.478. The molecule has 0 bridgehead atoms. The molecule has 1 amide bonds. The number of para-hydroxylation sites is 1. The summed E-state index contributed by atoms with van der Waals surface area (Å²) in [6, 6.07) is 8.11. The molecule has 0 saturated heterocycles. The second-order valence-corrected chi connectivity index (χ2v) is 7.98. The van der Waals surface area contributed by atoms with Crippen molar-refractivity contribution in [2.45, 2.75) is 25.5 Å². The van der Waals surface area contributed by atoms with Crippen molar-refractivity contribution in [2.75, 3.05) is 11.1 Å². The molecular weight excluding hydrogens is 384 g/mol. The lowest BCUT2D eigenvalue weighted by Crippen LogP contribution is -2.13. The first kappa shape index (κ1) is 17.7. The monoisotopic (exact) mass is 400 g/mol. The number of fused-ring (bicyclic) bond motifs is 1. The number of thioether (sulfide) groups is 1. The molecule has 10 heteroatoms. The van der Waals surface area contributed by atoms with Crippen LogP contribution >= 0.6 is 23.1 Å². The van der Waals surface area contributed by atoms with Crippen molar-refractivity contribution in [3.8, 4) is 0 Å². The van der Waals surface area contributed by atoms with Crippen LogP contribution in [0.3, 0.4) is 0 Å². The molecule has 3 aromatic heterocycles. The third kappa shape index (κ3) is 4.01. The van der Waals surface area contributed by atoms with E-state index in [1.165, 1.54) is 23.1 Å². The number of carbonyl (C=O) groups excluding carboxylic acids is 1. The Kier molecular flexibility index (Phi) is 4.90. The predicted molar refractivity (Wildman–Crippen MR) is 104 cm³/mol. The Balaban J connectivity index is 1.38. The maximum absolute atomic E-state index is 12.0. The van der Waals surface area contributed by atoms with E-state index in [1.807, 2.05) is 32.0 Å². The number of nitrogens with one attached hydrogen (secondary N) is 2. The fourth-order valence-corrected chi connectivity index (χ4v) is 3.90.